The third-order valence-electron chi connectivity index (χ3n) is 2.69. The first-order valence-corrected chi connectivity index (χ1v) is 8.05. The molecule has 0 bridgehead atoms. The smallest absolute Gasteiger partial charge is 0.233 e. The van der Waals surface area contributed by atoms with E-state index in [4.69, 9.17) is 0 Å². The lowest BCUT2D eigenvalue weighted by atomic mass is 10.3. The Labute approximate surface area is 110 Å². The Morgan fingerprint density at radius 2 is 2.47 bits per heavy atom. The highest BCUT2D eigenvalue weighted by Crippen LogP contribution is 2.29. The molecule has 5 heteroatoms. The van der Waals surface area contributed by atoms with Gasteiger partial charge in [-0.3, -0.25) is 9.78 Å². The van der Waals surface area contributed by atoms with Crippen LogP contribution in [-0.4, -0.2) is 38.9 Å². The number of nitrogens with zero attached hydrogens (tertiary/aromatic N) is 2. The molecule has 1 aromatic heterocycles. The normalized spacial score (nSPS) is 19.9. The van der Waals surface area contributed by atoms with Crippen LogP contribution in [0.3, 0.4) is 0 Å². The van der Waals surface area contributed by atoms with Gasteiger partial charge in [0.15, 0.2) is 0 Å². The van der Waals surface area contributed by atoms with Crippen LogP contribution in [0, 0.1) is 0 Å². The van der Waals surface area contributed by atoms with Gasteiger partial charge in [0.05, 0.1) is 23.4 Å². The van der Waals surface area contributed by atoms with E-state index in [1.165, 1.54) is 0 Å². The molecule has 1 amide bonds. The highest BCUT2D eigenvalue weighted by atomic mass is 32.2. The molecule has 1 saturated heterocycles. The Balaban J connectivity index is 1.99. The highest BCUT2D eigenvalue weighted by Gasteiger charge is 2.31. The second-order valence-corrected chi connectivity index (χ2v) is 6.04. The van der Waals surface area contributed by atoms with Crippen LogP contribution in [0.1, 0.15) is 12.1 Å². The first-order chi connectivity index (χ1) is 8.31. The quantitative estimate of drug-likeness (QED) is 0.820. The summed E-state index contributed by atoms with van der Waals surface area (Å²) in [5, 5.41) is 0.331. The molecule has 1 atom stereocenters. The maximum absolute atomic E-state index is 11.8. The Kier molecular flexibility index (Phi) is 4.74. The number of rotatable bonds is 5. The summed E-state index contributed by atoms with van der Waals surface area (Å²) in [6.45, 7) is 0.645. The summed E-state index contributed by atoms with van der Waals surface area (Å²) >= 11 is 3.58. The van der Waals surface area contributed by atoms with Crippen LogP contribution in [0.5, 0.6) is 0 Å². The van der Waals surface area contributed by atoms with Gasteiger partial charge in [-0.1, -0.05) is 6.07 Å². The van der Waals surface area contributed by atoms with E-state index in [1.54, 1.807) is 18.0 Å². The molecule has 3 nitrogen and oxygen atoms in total. The molecule has 1 aliphatic rings. The van der Waals surface area contributed by atoms with E-state index in [1.807, 2.05) is 34.9 Å². The molecule has 0 radical (unpaired) electrons. The number of carbonyl (C=O) groups excluding carboxylic acids is 1. The molecule has 17 heavy (non-hydrogen) atoms. The van der Waals surface area contributed by atoms with Crippen molar-refractivity contribution in [3.63, 3.8) is 0 Å². The summed E-state index contributed by atoms with van der Waals surface area (Å²) in [5.41, 5.74) is 0.970. The zero-order valence-corrected chi connectivity index (χ0v) is 11.5. The van der Waals surface area contributed by atoms with Crippen molar-refractivity contribution in [3.8, 4) is 0 Å². The van der Waals surface area contributed by atoms with Crippen LogP contribution < -0.4 is 0 Å². The number of carbonyl (C=O) groups is 1. The fraction of sp³-hybridized carbons (Fsp3) is 0.500. The Morgan fingerprint density at radius 1 is 1.59 bits per heavy atom. The van der Waals surface area contributed by atoms with Crippen molar-refractivity contribution in [2.24, 2.45) is 0 Å². The van der Waals surface area contributed by atoms with Crippen LogP contribution in [0.15, 0.2) is 24.4 Å². The standard InChI is InChI=1S/C12H16N2OS2/c1-16-7-5-12-14(11(15)9-17-12)8-10-4-2-3-6-13-10/h2-4,6,12H,5,7-9H2,1H3. The van der Waals surface area contributed by atoms with Crippen molar-refractivity contribution in [1.82, 2.24) is 9.88 Å². The van der Waals surface area contributed by atoms with Gasteiger partial charge in [-0.05, 0) is 30.6 Å². The summed E-state index contributed by atoms with van der Waals surface area (Å²) < 4.78 is 0. The number of hydrogen-bond acceptors (Lipinski definition) is 4. The summed E-state index contributed by atoms with van der Waals surface area (Å²) in [7, 11) is 0. The molecule has 1 unspecified atom stereocenters. The van der Waals surface area contributed by atoms with Gasteiger partial charge < -0.3 is 4.90 Å². The second kappa shape index (κ2) is 6.31. The van der Waals surface area contributed by atoms with Crippen molar-refractivity contribution in [2.75, 3.05) is 17.8 Å². The molecule has 92 valence electrons. The van der Waals surface area contributed by atoms with E-state index in [0.29, 0.717) is 17.7 Å². The molecule has 0 aromatic carbocycles. The van der Waals surface area contributed by atoms with E-state index < -0.39 is 0 Å². The van der Waals surface area contributed by atoms with Gasteiger partial charge in [-0.15, -0.1) is 11.8 Å². The number of aromatic nitrogens is 1. The minimum Gasteiger partial charge on any atom is -0.324 e. The third-order valence-corrected chi connectivity index (χ3v) is 4.63. The molecule has 2 rings (SSSR count). The Morgan fingerprint density at radius 3 is 3.18 bits per heavy atom. The first kappa shape index (κ1) is 12.8. The average Bonchev–Trinajstić information content (AvgIpc) is 2.70. The van der Waals surface area contributed by atoms with Gasteiger partial charge in [0.1, 0.15) is 0 Å². The van der Waals surface area contributed by atoms with Crippen LogP contribution >= 0.6 is 23.5 Å². The van der Waals surface area contributed by atoms with E-state index >= 15 is 0 Å². The van der Waals surface area contributed by atoms with Gasteiger partial charge in [-0.25, -0.2) is 0 Å². The predicted octanol–water partition coefficient (Wildman–Crippen LogP) is 2.24. The largest absolute Gasteiger partial charge is 0.324 e. The van der Waals surface area contributed by atoms with Crippen molar-refractivity contribution in [1.29, 1.82) is 0 Å². The zero-order valence-electron chi connectivity index (χ0n) is 9.83. The fourth-order valence-electron chi connectivity index (χ4n) is 1.81. The molecule has 0 spiro atoms. The van der Waals surface area contributed by atoms with Crippen LogP contribution in [0.25, 0.3) is 0 Å². The van der Waals surface area contributed by atoms with Gasteiger partial charge in [0.2, 0.25) is 5.91 Å². The molecule has 0 aliphatic carbocycles. The summed E-state index contributed by atoms with van der Waals surface area (Å²) in [6.07, 6.45) is 4.94. The lowest BCUT2D eigenvalue weighted by Gasteiger charge is -2.23. The number of hydrogen-bond donors (Lipinski definition) is 0. The van der Waals surface area contributed by atoms with Gasteiger partial charge >= 0.3 is 0 Å². The minimum atomic E-state index is 0.242. The molecule has 0 N–H and O–H groups in total. The Bertz CT molecular complexity index is 372. The molecule has 2 heterocycles. The maximum Gasteiger partial charge on any atom is 0.233 e. The monoisotopic (exact) mass is 268 g/mol. The summed E-state index contributed by atoms with van der Waals surface area (Å²) in [6, 6.07) is 5.84. The molecule has 1 fully saturated rings. The zero-order chi connectivity index (χ0) is 12.1. The van der Waals surface area contributed by atoms with Crippen LogP contribution in [0.4, 0.5) is 0 Å². The van der Waals surface area contributed by atoms with Crippen LogP contribution in [0.2, 0.25) is 0 Å². The summed E-state index contributed by atoms with van der Waals surface area (Å²) in [5.74, 6) is 1.96. The summed E-state index contributed by atoms with van der Waals surface area (Å²) in [4.78, 5) is 18.1. The minimum absolute atomic E-state index is 0.242. The van der Waals surface area contributed by atoms with E-state index in [-0.39, 0.29) is 5.91 Å². The van der Waals surface area contributed by atoms with Gasteiger partial charge in [0.25, 0.3) is 0 Å². The average molecular weight is 268 g/mol. The van der Waals surface area contributed by atoms with Crippen molar-refractivity contribution < 1.29 is 4.79 Å². The van der Waals surface area contributed by atoms with E-state index in [9.17, 15) is 4.79 Å². The van der Waals surface area contributed by atoms with E-state index in [2.05, 4.69) is 11.2 Å². The lowest BCUT2D eigenvalue weighted by Crippen LogP contribution is -2.32. The Hall–Kier alpha value is -0.680. The SMILES string of the molecule is CSCCC1SCC(=O)N1Cc1ccccn1. The highest BCUT2D eigenvalue weighted by molar-refractivity contribution is 8.01. The fourth-order valence-corrected chi connectivity index (χ4v) is 3.58. The second-order valence-electron chi connectivity index (χ2n) is 3.89. The predicted molar refractivity (Wildman–Crippen MR) is 74.0 cm³/mol. The lowest BCUT2D eigenvalue weighted by molar-refractivity contribution is -0.128. The topological polar surface area (TPSA) is 33.2 Å². The van der Waals surface area contributed by atoms with E-state index in [0.717, 1.165) is 17.9 Å². The van der Waals surface area contributed by atoms with Gasteiger partial charge in [-0.2, -0.15) is 11.8 Å². The van der Waals surface area contributed by atoms with Crippen molar-refractivity contribution in [2.45, 2.75) is 18.3 Å². The number of amides is 1. The molecule has 1 aromatic rings. The van der Waals surface area contributed by atoms with Crippen molar-refractivity contribution >= 4 is 29.4 Å². The number of pyridine rings is 1. The molecule has 0 saturated carbocycles. The molecule has 1 aliphatic heterocycles. The first-order valence-electron chi connectivity index (χ1n) is 5.61. The van der Waals surface area contributed by atoms with Crippen molar-refractivity contribution in [3.05, 3.63) is 30.1 Å². The van der Waals surface area contributed by atoms with Crippen LogP contribution in [-0.2, 0) is 11.3 Å². The number of thioether (sulfide) groups is 2. The van der Waals surface area contributed by atoms with Gasteiger partial charge in [0, 0.05) is 6.20 Å². The maximum atomic E-state index is 11.8. The third kappa shape index (κ3) is 3.39. The molecular weight excluding hydrogens is 252 g/mol. The molecular formula is C12H16N2OS2.